The number of fused-ring (bicyclic) bond motifs is 8. The molecule has 6 rings (SSSR count). The number of nitrogens with zero attached hydrogens (tertiary/aromatic N) is 4. The lowest BCUT2D eigenvalue weighted by Crippen LogP contribution is -2.29. The van der Waals surface area contributed by atoms with Crippen LogP contribution < -0.4 is 0 Å². The number of aryl methyl sites for hydroxylation is 2. The molecular weight excluding hydrogens is 693 g/mol. The van der Waals surface area contributed by atoms with Gasteiger partial charge in [-0.2, -0.15) is 5.10 Å². The van der Waals surface area contributed by atoms with Gasteiger partial charge < -0.3 is 9.72 Å². The van der Waals surface area contributed by atoms with Crippen LogP contribution >= 0.6 is 11.8 Å². The zero-order chi connectivity index (χ0) is 36.7. The molecule has 0 aliphatic carbocycles. The molecule has 4 bridgehead atoms. The van der Waals surface area contributed by atoms with Crippen molar-refractivity contribution in [2.45, 2.75) is 75.0 Å². The Hall–Kier alpha value is -4.10. The normalized spacial score (nSPS) is 19.8. The number of sulfone groups is 1. The van der Waals surface area contributed by atoms with Crippen LogP contribution in [0.5, 0.6) is 0 Å². The minimum Gasteiger partial charge on any atom is -0.469 e. The summed E-state index contributed by atoms with van der Waals surface area (Å²) in [6, 6.07) is 13.2. The number of H-pyrrole nitrogens is 1. The highest BCUT2D eigenvalue weighted by molar-refractivity contribution is 7.99. The summed E-state index contributed by atoms with van der Waals surface area (Å²) in [5.41, 5.74) is 1.64. The van der Waals surface area contributed by atoms with Gasteiger partial charge in [0.25, 0.3) is 0 Å². The molecule has 0 saturated carbocycles. The van der Waals surface area contributed by atoms with E-state index in [1.807, 2.05) is 39.0 Å². The molecular formula is C38H43F2N5O4S2. The maximum Gasteiger partial charge on any atom is 0.308 e. The van der Waals surface area contributed by atoms with Crippen LogP contribution in [0.3, 0.4) is 0 Å². The van der Waals surface area contributed by atoms with Crippen molar-refractivity contribution in [3.63, 3.8) is 0 Å². The van der Waals surface area contributed by atoms with Gasteiger partial charge in [-0.05, 0) is 72.9 Å². The lowest BCUT2D eigenvalue weighted by atomic mass is 9.75. The van der Waals surface area contributed by atoms with Gasteiger partial charge in [-0.3, -0.25) is 9.78 Å². The molecule has 1 aliphatic rings. The summed E-state index contributed by atoms with van der Waals surface area (Å²) in [6.07, 6.45) is 5.56. The fourth-order valence-corrected chi connectivity index (χ4v) is 10.2. The number of aromatic nitrogens is 5. The van der Waals surface area contributed by atoms with E-state index >= 15 is 8.78 Å². The van der Waals surface area contributed by atoms with Gasteiger partial charge in [0, 0.05) is 29.7 Å². The van der Waals surface area contributed by atoms with Crippen LogP contribution in [0, 0.1) is 23.0 Å². The van der Waals surface area contributed by atoms with E-state index in [-0.39, 0.29) is 40.2 Å². The Labute approximate surface area is 301 Å². The molecule has 4 heterocycles. The monoisotopic (exact) mass is 735 g/mol. The average Bonchev–Trinajstić information content (AvgIpc) is 3.73. The van der Waals surface area contributed by atoms with Gasteiger partial charge in [-0.15, -0.1) is 0 Å². The zero-order valence-corrected chi connectivity index (χ0v) is 31.4. The van der Waals surface area contributed by atoms with E-state index in [1.54, 1.807) is 36.1 Å². The molecule has 2 aromatic carbocycles. The van der Waals surface area contributed by atoms with E-state index in [0.29, 0.717) is 58.9 Å². The molecule has 13 heteroatoms. The third-order valence-corrected chi connectivity index (χ3v) is 13.1. The summed E-state index contributed by atoms with van der Waals surface area (Å²) in [6.45, 7) is 7.83. The smallest absolute Gasteiger partial charge is 0.308 e. The standard InChI is InChI=1S/C38H43F2N5O4S2/c1-23(35(46)49-6)19-24-9-7-10-25(20-24)38(4)15-8-14-37(2,3)22-51(47,48)18-13-28-27-12-17-42-32(27)30(39)31(40)33(28)50-26-11-16-41-29(21-26)34-43-36(38)44-45(34)5/h7,9-12,16-17,20-21,23,42H,8,13-15,18-19,22H2,1-6H3/t23-,38+/m0/s1. The van der Waals surface area contributed by atoms with Crippen molar-refractivity contribution in [2.75, 3.05) is 18.6 Å². The molecule has 5 aromatic rings. The Bertz CT molecular complexity index is 2210. The molecule has 3 aromatic heterocycles. The van der Waals surface area contributed by atoms with Crippen molar-refractivity contribution in [3.05, 3.63) is 89.0 Å². The number of rotatable bonds is 4. The molecule has 1 N–H and O–H groups in total. The Kier molecular flexibility index (Phi) is 10.2. The number of carbonyl (C=O) groups is 1. The Morgan fingerprint density at radius 2 is 1.90 bits per heavy atom. The van der Waals surface area contributed by atoms with Crippen molar-refractivity contribution in [3.8, 4) is 11.5 Å². The van der Waals surface area contributed by atoms with Crippen molar-refractivity contribution < 1.29 is 26.7 Å². The molecule has 270 valence electrons. The van der Waals surface area contributed by atoms with Crippen LogP contribution in [0.15, 0.2) is 64.6 Å². The quantitative estimate of drug-likeness (QED) is 0.187. The number of carbonyl (C=O) groups excluding carboxylic acids is 1. The van der Waals surface area contributed by atoms with Crippen LogP contribution in [0.25, 0.3) is 22.4 Å². The number of pyridine rings is 1. The highest BCUT2D eigenvalue weighted by atomic mass is 32.2. The molecule has 0 spiro atoms. The van der Waals surface area contributed by atoms with Gasteiger partial charge in [-0.1, -0.05) is 63.2 Å². The van der Waals surface area contributed by atoms with Gasteiger partial charge in [-0.25, -0.2) is 26.9 Å². The summed E-state index contributed by atoms with van der Waals surface area (Å²) in [7, 11) is -0.417. The Morgan fingerprint density at radius 1 is 1.12 bits per heavy atom. The van der Waals surface area contributed by atoms with Gasteiger partial charge in [0.15, 0.2) is 33.1 Å². The van der Waals surface area contributed by atoms with Crippen LogP contribution in [0.2, 0.25) is 0 Å². The van der Waals surface area contributed by atoms with Crippen LogP contribution in [-0.4, -0.2) is 57.7 Å². The molecule has 0 radical (unpaired) electrons. The van der Waals surface area contributed by atoms with Crippen molar-refractivity contribution in [1.29, 1.82) is 0 Å². The maximum absolute atomic E-state index is 15.8. The molecule has 0 fully saturated rings. The number of halogens is 2. The number of benzene rings is 2. The molecule has 0 saturated heterocycles. The molecule has 0 amide bonds. The van der Waals surface area contributed by atoms with E-state index in [0.717, 1.165) is 22.9 Å². The number of methoxy groups -OCH3 is 1. The topological polar surface area (TPSA) is 120 Å². The predicted molar refractivity (Wildman–Crippen MR) is 194 cm³/mol. The second-order valence-electron chi connectivity index (χ2n) is 14.6. The Balaban J connectivity index is 1.48. The van der Waals surface area contributed by atoms with Crippen LogP contribution in [-0.2, 0) is 44.7 Å². The fourth-order valence-electron chi connectivity index (χ4n) is 7.16. The van der Waals surface area contributed by atoms with E-state index in [2.05, 4.69) is 23.0 Å². The van der Waals surface area contributed by atoms with E-state index in [1.165, 1.54) is 13.3 Å². The summed E-state index contributed by atoms with van der Waals surface area (Å²) in [5.74, 6) is -1.83. The lowest BCUT2D eigenvalue weighted by Gasteiger charge is -2.31. The molecule has 51 heavy (non-hydrogen) atoms. The maximum atomic E-state index is 15.8. The second kappa shape index (κ2) is 14.1. The van der Waals surface area contributed by atoms with E-state index in [9.17, 15) is 13.2 Å². The van der Waals surface area contributed by atoms with E-state index < -0.39 is 32.3 Å². The van der Waals surface area contributed by atoms with Crippen LogP contribution in [0.4, 0.5) is 8.78 Å². The first kappa shape index (κ1) is 36.7. The third-order valence-electron chi connectivity index (χ3n) is 9.91. The van der Waals surface area contributed by atoms with E-state index in [4.69, 9.17) is 14.8 Å². The summed E-state index contributed by atoms with van der Waals surface area (Å²) in [5, 5.41) is 5.36. The van der Waals surface area contributed by atoms with Gasteiger partial charge >= 0.3 is 5.97 Å². The minimum absolute atomic E-state index is 0.0142. The number of aromatic amines is 1. The van der Waals surface area contributed by atoms with Gasteiger partial charge in [0.1, 0.15) is 5.69 Å². The predicted octanol–water partition coefficient (Wildman–Crippen LogP) is 7.61. The van der Waals surface area contributed by atoms with Crippen LogP contribution in [0.1, 0.15) is 69.5 Å². The molecule has 2 atom stereocenters. The summed E-state index contributed by atoms with van der Waals surface area (Å²) >= 11 is 1.03. The second-order valence-corrected chi connectivity index (χ2v) is 17.9. The lowest BCUT2D eigenvalue weighted by molar-refractivity contribution is -0.144. The summed E-state index contributed by atoms with van der Waals surface area (Å²) < 4.78 is 65.1. The zero-order valence-electron chi connectivity index (χ0n) is 29.7. The number of nitrogens with one attached hydrogen (secondary N) is 1. The van der Waals surface area contributed by atoms with Crippen molar-refractivity contribution in [2.24, 2.45) is 18.4 Å². The minimum atomic E-state index is -3.60. The number of ether oxygens (including phenoxy) is 1. The fraction of sp³-hybridized carbons (Fsp3) is 0.421. The summed E-state index contributed by atoms with van der Waals surface area (Å²) in [4.78, 5) is 25.3. The first-order valence-corrected chi connectivity index (χ1v) is 19.6. The highest BCUT2D eigenvalue weighted by Crippen LogP contribution is 2.42. The SMILES string of the molecule is COC(=O)[C@@H](C)Cc1cccc([C@@]2(C)CCCC(C)(C)CS(=O)(=O)CCc3c(c(F)c(F)c4[nH]ccc34)Sc3ccnc(c3)-c3nc2nn3C)c1. The Morgan fingerprint density at radius 3 is 2.67 bits per heavy atom. The number of hydrogen-bond donors (Lipinski definition) is 1. The average molecular weight is 736 g/mol. The molecule has 9 nitrogen and oxygen atoms in total. The highest BCUT2D eigenvalue weighted by Gasteiger charge is 2.36. The van der Waals surface area contributed by atoms with Crippen molar-refractivity contribution in [1.82, 2.24) is 24.7 Å². The first-order chi connectivity index (χ1) is 24.1. The molecule has 1 aliphatic heterocycles. The number of hydrogen-bond acceptors (Lipinski definition) is 8. The molecule has 0 unspecified atom stereocenters. The first-order valence-electron chi connectivity index (χ1n) is 17.0. The van der Waals surface area contributed by atoms with Gasteiger partial charge in [0.2, 0.25) is 0 Å². The number of esters is 1. The van der Waals surface area contributed by atoms with Gasteiger partial charge in [0.05, 0.1) is 40.4 Å². The van der Waals surface area contributed by atoms with Crippen molar-refractivity contribution >= 4 is 38.5 Å². The third kappa shape index (κ3) is 7.60. The largest absolute Gasteiger partial charge is 0.469 e.